The molecule has 0 atom stereocenters. The van der Waals surface area contributed by atoms with Crippen molar-refractivity contribution in [3.63, 3.8) is 0 Å². The van der Waals surface area contributed by atoms with Crippen LogP contribution in [0, 0.1) is 0 Å². The van der Waals surface area contributed by atoms with Crippen LogP contribution in [0.4, 0.5) is 5.13 Å². The standard InChI is InChI=1S/C13H15BrN2O2S2/c1-3-18-12(17)5-10-8-20-13(15-10)16(2)6-11-4-9(14)7-19-11/h4,7-8H,3,5-6H2,1-2H3. The van der Waals surface area contributed by atoms with Crippen LogP contribution in [0.5, 0.6) is 0 Å². The van der Waals surface area contributed by atoms with Crippen LogP contribution < -0.4 is 4.90 Å². The van der Waals surface area contributed by atoms with Gasteiger partial charge in [-0.1, -0.05) is 0 Å². The van der Waals surface area contributed by atoms with Gasteiger partial charge < -0.3 is 9.64 Å². The van der Waals surface area contributed by atoms with Crippen LogP contribution in [0.3, 0.4) is 0 Å². The van der Waals surface area contributed by atoms with Gasteiger partial charge in [0.05, 0.1) is 25.3 Å². The molecule has 0 aliphatic carbocycles. The lowest BCUT2D eigenvalue weighted by molar-refractivity contribution is -0.142. The van der Waals surface area contributed by atoms with Crippen molar-refractivity contribution in [3.8, 4) is 0 Å². The summed E-state index contributed by atoms with van der Waals surface area (Å²) in [6.45, 7) is 3.02. The molecule has 0 bridgehead atoms. The molecule has 0 aliphatic heterocycles. The lowest BCUT2D eigenvalue weighted by Gasteiger charge is -2.14. The first-order chi connectivity index (χ1) is 9.58. The van der Waals surface area contributed by atoms with E-state index in [1.165, 1.54) is 4.88 Å². The number of carbonyl (C=O) groups excluding carboxylic acids is 1. The Morgan fingerprint density at radius 2 is 2.25 bits per heavy atom. The Labute approximate surface area is 134 Å². The Balaban J connectivity index is 1.95. The van der Waals surface area contributed by atoms with E-state index in [0.29, 0.717) is 6.61 Å². The van der Waals surface area contributed by atoms with E-state index < -0.39 is 0 Å². The molecule has 0 N–H and O–H groups in total. The average molecular weight is 375 g/mol. The van der Waals surface area contributed by atoms with Crippen molar-refractivity contribution in [1.82, 2.24) is 4.98 Å². The van der Waals surface area contributed by atoms with Crippen LogP contribution in [0.1, 0.15) is 17.5 Å². The van der Waals surface area contributed by atoms with Gasteiger partial charge in [-0.05, 0) is 28.9 Å². The van der Waals surface area contributed by atoms with Crippen molar-refractivity contribution in [2.75, 3.05) is 18.6 Å². The number of rotatable bonds is 6. The van der Waals surface area contributed by atoms with Gasteiger partial charge in [-0.3, -0.25) is 4.79 Å². The van der Waals surface area contributed by atoms with Crippen LogP contribution in [0.15, 0.2) is 21.3 Å². The second kappa shape index (κ2) is 7.19. The van der Waals surface area contributed by atoms with Gasteiger partial charge in [0.25, 0.3) is 0 Å². The number of thiazole rings is 1. The molecule has 0 unspecified atom stereocenters. The van der Waals surface area contributed by atoms with E-state index in [9.17, 15) is 4.79 Å². The highest BCUT2D eigenvalue weighted by Gasteiger charge is 2.12. The Morgan fingerprint density at radius 3 is 2.90 bits per heavy atom. The minimum absolute atomic E-state index is 0.228. The van der Waals surface area contributed by atoms with E-state index in [0.717, 1.165) is 21.8 Å². The maximum atomic E-state index is 11.4. The number of halogens is 1. The molecule has 0 saturated heterocycles. The number of anilines is 1. The Kier molecular flexibility index (Phi) is 5.56. The molecule has 0 fully saturated rings. The second-order valence-corrected chi connectivity index (χ2v) is 6.94. The normalized spacial score (nSPS) is 10.6. The summed E-state index contributed by atoms with van der Waals surface area (Å²) in [5, 5.41) is 4.89. The molecule has 0 saturated carbocycles. The molecule has 7 heteroatoms. The third-order valence-electron chi connectivity index (χ3n) is 2.51. The highest BCUT2D eigenvalue weighted by atomic mass is 79.9. The molecule has 0 aliphatic rings. The lowest BCUT2D eigenvalue weighted by atomic mass is 10.3. The predicted molar refractivity (Wildman–Crippen MR) is 86.6 cm³/mol. The van der Waals surface area contributed by atoms with E-state index >= 15 is 0 Å². The summed E-state index contributed by atoms with van der Waals surface area (Å²) in [4.78, 5) is 19.2. The third-order valence-corrected chi connectivity index (χ3v) is 5.20. The SMILES string of the molecule is CCOC(=O)Cc1csc(N(C)Cc2cc(Br)cs2)n1. The fraction of sp³-hybridized carbons (Fsp3) is 0.385. The Hall–Kier alpha value is -0.920. The van der Waals surface area contributed by atoms with Gasteiger partial charge in [0, 0.05) is 27.2 Å². The fourth-order valence-electron chi connectivity index (χ4n) is 1.65. The monoisotopic (exact) mass is 374 g/mol. The third kappa shape index (κ3) is 4.29. The minimum Gasteiger partial charge on any atom is -0.466 e. The lowest BCUT2D eigenvalue weighted by Crippen LogP contribution is -2.15. The van der Waals surface area contributed by atoms with Crippen molar-refractivity contribution in [1.29, 1.82) is 0 Å². The number of nitrogens with zero attached hydrogens (tertiary/aromatic N) is 2. The summed E-state index contributed by atoms with van der Waals surface area (Å²) in [5.74, 6) is -0.228. The van der Waals surface area contributed by atoms with Crippen LogP contribution in [-0.4, -0.2) is 24.6 Å². The summed E-state index contributed by atoms with van der Waals surface area (Å²) < 4.78 is 6.03. The van der Waals surface area contributed by atoms with Crippen molar-refractivity contribution in [2.24, 2.45) is 0 Å². The predicted octanol–water partition coefficient (Wildman–Crippen LogP) is 3.71. The van der Waals surface area contributed by atoms with Crippen LogP contribution in [-0.2, 0) is 22.5 Å². The van der Waals surface area contributed by atoms with E-state index in [-0.39, 0.29) is 12.4 Å². The zero-order valence-electron chi connectivity index (χ0n) is 11.3. The van der Waals surface area contributed by atoms with E-state index in [1.807, 2.05) is 12.4 Å². The summed E-state index contributed by atoms with van der Waals surface area (Å²) in [6, 6.07) is 2.11. The number of thiophene rings is 1. The molecule has 2 aromatic rings. The molecule has 2 aromatic heterocycles. The zero-order valence-corrected chi connectivity index (χ0v) is 14.5. The first-order valence-corrected chi connectivity index (χ1v) is 8.67. The van der Waals surface area contributed by atoms with Crippen LogP contribution in [0.2, 0.25) is 0 Å². The maximum absolute atomic E-state index is 11.4. The van der Waals surface area contributed by atoms with Crippen molar-refractivity contribution < 1.29 is 9.53 Å². The maximum Gasteiger partial charge on any atom is 0.311 e. The molecule has 108 valence electrons. The molecule has 20 heavy (non-hydrogen) atoms. The highest BCUT2D eigenvalue weighted by molar-refractivity contribution is 9.10. The zero-order chi connectivity index (χ0) is 14.5. The van der Waals surface area contributed by atoms with E-state index in [2.05, 4.69) is 37.3 Å². The number of ether oxygens (including phenoxy) is 1. The summed E-state index contributed by atoms with van der Waals surface area (Å²) in [7, 11) is 2.00. The van der Waals surface area contributed by atoms with Crippen molar-refractivity contribution in [2.45, 2.75) is 19.9 Å². The van der Waals surface area contributed by atoms with E-state index in [4.69, 9.17) is 4.74 Å². The topological polar surface area (TPSA) is 42.4 Å². The van der Waals surface area contributed by atoms with Gasteiger partial charge in [-0.2, -0.15) is 0 Å². The van der Waals surface area contributed by atoms with Gasteiger partial charge >= 0.3 is 5.97 Å². The highest BCUT2D eigenvalue weighted by Crippen LogP contribution is 2.25. The van der Waals surface area contributed by atoms with Gasteiger partial charge in [-0.15, -0.1) is 22.7 Å². The quantitative estimate of drug-likeness (QED) is 0.722. The van der Waals surface area contributed by atoms with Gasteiger partial charge in [0.1, 0.15) is 0 Å². The van der Waals surface area contributed by atoms with Crippen LogP contribution >= 0.6 is 38.6 Å². The number of esters is 1. The number of hydrogen-bond donors (Lipinski definition) is 0. The summed E-state index contributed by atoms with van der Waals surface area (Å²) in [6.07, 6.45) is 0.239. The number of aromatic nitrogens is 1. The molecular formula is C13H15BrN2O2S2. The summed E-state index contributed by atoms with van der Waals surface area (Å²) >= 11 is 6.71. The smallest absolute Gasteiger partial charge is 0.311 e. The summed E-state index contributed by atoms with van der Waals surface area (Å²) in [5.41, 5.74) is 0.766. The fourth-order valence-corrected chi connectivity index (χ4v) is 3.95. The molecule has 0 amide bonds. The largest absolute Gasteiger partial charge is 0.466 e. The molecule has 2 heterocycles. The van der Waals surface area contributed by atoms with Gasteiger partial charge in [0.15, 0.2) is 5.13 Å². The van der Waals surface area contributed by atoms with Crippen molar-refractivity contribution in [3.05, 3.63) is 31.9 Å². The molecule has 4 nitrogen and oxygen atoms in total. The van der Waals surface area contributed by atoms with Gasteiger partial charge in [-0.25, -0.2) is 4.98 Å². The first kappa shape index (κ1) is 15.5. The molecule has 0 radical (unpaired) electrons. The first-order valence-electron chi connectivity index (χ1n) is 6.12. The van der Waals surface area contributed by atoms with Crippen LogP contribution in [0.25, 0.3) is 0 Å². The van der Waals surface area contributed by atoms with E-state index in [1.54, 1.807) is 29.6 Å². The van der Waals surface area contributed by atoms with Crippen molar-refractivity contribution >= 4 is 49.7 Å². The molecule has 2 rings (SSSR count). The Morgan fingerprint density at radius 1 is 1.45 bits per heavy atom. The number of carbonyl (C=O) groups is 1. The second-order valence-electron chi connectivity index (χ2n) is 4.19. The minimum atomic E-state index is -0.228. The molecule has 0 aromatic carbocycles. The van der Waals surface area contributed by atoms with Gasteiger partial charge in [0.2, 0.25) is 0 Å². The Bertz CT molecular complexity index is 582. The molecular weight excluding hydrogens is 360 g/mol. The number of hydrogen-bond acceptors (Lipinski definition) is 6. The molecule has 0 spiro atoms. The average Bonchev–Trinajstić information content (AvgIpc) is 2.99.